The van der Waals surface area contributed by atoms with Crippen molar-refractivity contribution in [3.8, 4) is 0 Å². The van der Waals surface area contributed by atoms with Gasteiger partial charge in [0, 0.05) is 12.6 Å². The largest absolute Gasteiger partial charge is 0.357 e. The third-order valence-electron chi connectivity index (χ3n) is 4.14. The van der Waals surface area contributed by atoms with Gasteiger partial charge in [-0.1, -0.05) is 44.7 Å². The van der Waals surface area contributed by atoms with Crippen LogP contribution in [0.1, 0.15) is 58.4 Å². The smallest absolute Gasteiger partial charge is 0.240 e. The van der Waals surface area contributed by atoms with Crippen molar-refractivity contribution in [1.29, 1.82) is 0 Å². The van der Waals surface area contributed by atoms with E-state index in [2.05, 4.69) is 34.2 Å². The lowest BCUT2D eigenvalue weighted by Gasteiger charge is -2.17. The monoisotopic (exact) mass is 510 g/mol. The molecule has 156 valence electrons. The standard InChI is InChI=1S/C19H34N4O2S.HI/c1-5-7-8-9-10-16(3)23-19(21-6-2)22-15-17-11-13-18(14-12-17)26(24,25)20-4;/h11-14,16,20H,5-10,15H2,1-4H3,(H2,21,22,23);1H. The highest BCUT2D eigenvalue weighted by Gasteiger charge is 2.10. The number of benzene rings is 1. The van der Waals surface area contributed by atoms with Crippen LogP contribution in [0.15, 0.2) is 34.2 Å². The molecule has 1 aromatic carbocycles. The third kappa shape index (κ3) is 10.3. The van der Waals surface area contributed by atoms with E-state index in [0.29, 0.717) is 12.6 Å². The summed E-state index contributed by atoms with van der Waals surface area (Å²) in [6, 6.07) is 7.17. The summed E-state index contributed by atoms with van der Waals surface area (Å²) in [7, 11) is -1.99. The van der Waals surface area contributed by atoms with Crippen molar-refractivity contribution < 1.29 is 8.42 Å². The minimum Gasteiger partial charge on any atom is -0.357 e. The van der Waals surface area contributed by atoms with Crippen molar-refractivity contribution in [1.82, 2.24) is 15.4 Å². The molecule has 0 fully saturated rings. The number of halogens is 1. The molecule has 0 bridgehead atoms. The summed E-state index contributed by atoms with van der Waals surface area (Å²) < 4.78 is 25.8. The minimum atomic E-state index is -3.39. The van der Waals surface area contributed by atoms with Gasteiger partial charge in [-0.15, -0.1) is 24.0 Å². The van der Waals surface area contributed by atoms with E-state index in [9.17, 15) is 8.42 Å². The van der Waals surface area contributed by atoms with Gasteiger partial charge in [0.15, 0.2) is 5.96 Å². The zero-order valence-electron chi connectivity index (χ0n) is 16.9. The van der Waals surface area contributed by atoms with Gasteiger partial charge in [0.25, 0.3) is 0 Å². The molecule has 0 saturated heterocycles. The molecule has 0 spiro atoms. The van der Waals surface area contributed by atoms with Gasteiger partial charge in [-0.2, -0.15) is 0 Å². The van der Waals surface area contributed by atoms with E-state index in [0.717, 1.165) is 24.5 Å². The van der Waals surface area contributed by atoms with Gasteiger partial charge in [-0.3, -0.25) is 0 Å². The van der Waals surface area contributed by atoms with E-state index in [4.69, 9.17) is 0 Å². The van der Waals surface area contributed by atoms with Crippen LogP contribution in [0.4, 0.5) is 0 Å². The van der Waals surface area contributed by atoms with Crippen molar-refractivity contribution >= 4 is 40.0 Å². The zero-order valence-corrected chi connectivity index (χ0v) is 20.1. The second-order valence-corrected chi connectivity index (χ2v) is 8.33. The SMILES string of the molecule is CCCCCCC(C)NC(=NCc1ccc(S(=O)(=O)NC)cc1)NCC.I. The van der Waals surface area contributed by atoms with E-state index >= 15 is 0 Å². The van der Waals surface area contributed by atoms with Crippen molar-refractivity contribution in [2.24, 2.45) is 4.99 Å². The predicted octanol–water partition coefficient (Wildman–Crippen LogP) is 3.63. The third-order valence-corrected chi connectivity index (χ3v) is 5.57. The molecule has 6 nitrogen and oxygen atoms in total. The first-order valence-corrected chi connectivity index (χ1v) is 11.0. The van der Waals surface area contributed by atoms with Crippen molar-refractivity contribution in [2.45, 2.75) is 70.4 Å². The molecule has 0 heterocycles. The number of aliphatic imine (C=N–C) groups is 1. The Balaban J connectivity index is 0.00000676. The number of rotatable bonds is 11. The van der Waals surface area contributed by atoms with Gasteiger partial charge < -0.3 is 10.6 Å². The topological polar surface area (TPSA) is 82.6 Å². The average molecular weight is 510 g/mol. The fourth-order valence-corrected chi connectivity index (χ4v) is 3.30. The lowest BCUT2D eigenvalue weighted by molar-refractivity contribution is 0.537. The summed E-state index contributed by atoms with van der Waals surface area (Å²) in [5, 5.41) is 6.71. The van der Waals surface area contributed by atoms with Crippen LogP contribution in [-0.4, -0.2) is 34.0 Å². The molecule has 1 unspecified atom stereocenters. The number of guanidine groups is 1. The van der Waals surface area contributed by atoms with Crippen LogP contribution in [0.25, 0.3) is 0 Å². The number of hydrogen-bond donors (Lipinski definition) is 3. The van der Waals surface area contributed by atoms with Gasteiger partial charge in [0.05, 0.1) is 11.4 Å². The first-order chi connectivity index (χ1) is 12.4. The molecule has 0 amide bonds. The molecule has 3 N–H and O–H groups in total. The minimum absolute atomic E-state index is 0. The van der Waals surface area contributed by atoms with Crippen LogP contribution in [-0.2, 0) is 16.6 Å². The molecule has 8 heteroatoms. The fourth-order valence-electron chi connectivity index (χ4n) is 2.57. The van der Waals surface area contributed by atoms with Gasteiger partial charge in [-0.25, -0.2) is 18.1 Å². The Morgan fingerprint density at radius 3 is 2.33 bits per heavy atom. The molecule has 1 atom stereocenters. The molecular weight excluding hydrogens is 475 g/mol. The Morgan fingerprint density at radius 2 is 1.78 bits per heavy atom. The molecule has 0 aliphatic carbocycles. The molecule has 0 aliphatic heterocycles. The molecule has 0 radical (unpaired) electrons. The molecule has 1 rings (SSSR count). The number of nitrogens with one attached hydrogen (secondary N) is 3. The molecule has 1 aromatic rings. The number of hydrogen-bond acceptors (Lipinski definition) is 3. The normalized spacial score (nSPS) is 13.0. The first-order valence-electron chi connectivity index (χ1n) is 9.50. The summed E-state index contributed by atoms with van der Waals surface area (Å²) in [5.41, 5.74) is 0.966. The summed E-state index contributed by atoms with van der Waals surface area (Å²) in [6.45, 7) is 7.74. The Kier molecular flexibility index (Phi) is 13.7. The highest BCUT2D eigenvalue weighted by molar-refractivity contribution is 14.0. The van der Waals surface area contributed by atoms with E-state index in [-0.39, 0.29) is 28.9 Å². The highest BCUT2D eigenvalue weighted by Crippen LogP contribution is 2.11. The van der Waals surface area contributed by atoms with E-state index in [1.807, 2.05) is 6.92 Å². The lowest BCUT2D eigenvalue weighted by atomic mass is 10.1. The van der Waals surface area contributed by atoms with E-state index in [1.54, 1.807) is 24.3 Å². The average Bonchev–Trinajstić information content (AvgIpc) is 2.64. The summed E-state index contributed by atoms with van der Waals surface area (Å²) in [4.78, 5) is 4.87. The first kappa shape index (κ1) is 26.1. The van der Waals surface area contributed by atoms with Crippen LogP contribution in [0, 0.1) is 0 Å². The number of sulfonamides is 1. The Labute approximate surface area is 182 Å². The quantitative estimate of drug-likeness (QED) is 0.184. The second-order valence-electron chi connectivity index (χ2n) is 6.44. The van der Waals surface area contributed by atoms with Crippen molar-refractivity contribution in [3.63, 3.8) is 0 Å². The molecule has 0 saturated carbocycles. The maximum atomic E-state index is 11.8. The van der Waals surface area contributed by atoms with Gasteiger partial charge in [0.1, 0.15) is 0 Å². The number of nitrogens with zero attached hydrogens (tertiary/aromatic N) is 1. The predicted molar refractivity (Wildman–Crippen MR) is 124 cm³/mol. The molecular formula is C19H35IN4O2S. The van der Waals surface area contributed by atoms with Crippen molar-refractivity contribution in [2.75, 3.05) is 13.6 Å². The Hall–Kier alpha value is -0.870. The van der Waals surface area contributed by atoms with E-state index in [1.165, 1.54) is 32.7 Å². The molecule has 0 aliphatic rings. The summed E-state index contributed by atoms with van der Waals surface area (Å²) in [5.74, 6) is 0.794. The maximum Gasteiger partial charge on any atom is 0.240 e. The van der Waals surface area contributed by atoms with Crippen LogP contribution in [0.3, 0.4) is 0 Å². The van der Waals surface area contributed by atoms with Gasteiger partial charge in [-0.05, 0) is 45.0 Å². The molecule has 27 heavy (non-hydrogen) atoms. The van der Waals surface area contributed by atoms with Crippen LogP contribution in [0.5, 0.6) is 0 Å². The Morgan fingerprint density at radius 1 is 1.11 bits per heavy atom. The second kappa shape index (κ2) is 14.2. The highest BCUT2D eigenvalue weighted by atomic mass is 127. The van der Waals surface area contributed by atoms with Crippen LogP contribution < -0.4 is 15.4 Å². The van der Waals surface area contributed by atoms with Crippen LogP contribution in [0.2, 0.25) is 0 Å². The summed E-state index contributed by atoms with van der Waals surface area (Å²) in [6.07, 6.45) is 6.17. The van der Waals surface area contributed by atoms with Gasteiger partial charge in [0.2, 0.25) is 10.0 Å². The number of unbranched alkanes of at least 4 members (excludes halogenated alkanes) is 3. The Bertz CT molecular complexity index is 648. The summed E-state index contributed by atoms with van der Waals surface area (Å²) >= 11 is 0. The van der Waals surface area contributed by atoms with Gasteiger partial charge >= 0.3 is 0 Å². The fraction of sp³-hybridized carbons (Fsp3) is 0.632. The zero-order chi connectivity index (χ0) is 19.4. The van der Waals surface area contributed by atoms with Crippen molar-refractivity contribution in [3.05, 3.63) is 29.8 Å². The van der Waals surface area contributed by atoms with E-state index < -0.39 is 10.0 Å². The van der Waals surface area contributed by atoms with Crippen LogP contribution >= 0.6 is 24.0 Å². The lowest BCUT2D eigenvalue weighted by Crippen LogP contribution is -2.42. The molecule has 0 aromatic heterocycles. The maximum absolute atomic E-state index is 11.8.